The van der Waals surface area contributed by atoms with Gasteiger partial charge in [0.15, 0.2) is 17.3 Å². The number of rotatable bonds is 2. The molecule has 2 rings (SSSR count). The van der Waals surface area contributed by atoms with Crippen molar-refractivity contribution in [3.05, 3.63) is 30.8 Å². The molecule has 0 saturated carbocycles. The Bertz CT molecular complexity index is 428. The molecule has 2 aromatic rings. The predicted molar refractivity (Wildman–Crippen MR) is 46.3 cm³/mol. The molecule has 4 nitrogen and oxygen atoms in total. The van der Waals surface area contributed by atoms with Crippen molar-refractivity contribution in [2.24, 2.45) is 0 Å². The van der Waals surface area contributed by atoms with E-state index in [1.165, 1.54) is 19.6 Å². The van der Waals surface area contributed by atoms with E-state index in [9.17, 15) is 0 Å². The zero-order valence-corrected chi connectivity index (χ0v) is 7.02. The van der Waals surface area contributed by atoms with Gasteiger partial charge in [-0.25, -0.2) is 9.97 Å². The molecule has 4 heteroatoms. The van der Waals surface area contributed by atoms with Crippen LogP contribution in [0.3, 0.4) is 0 Å². The molecular weight excluding hydrogens is 168 g/mol. The van der Waals surface area contributed by atoms with Crippen LogP contribution >= 0.6 is 0 Å². The molecule has 0 aliphatic heterocycles. The van der Waals surface area contributed by atoms with Crippen LogP contribution in [0.25, 0.3) is 11.6 Å². The molecule has 0 unspecified atom stereocenters. The van der Waals surface area contributed by atoms with E-state index in [0.717, 1.165) is 0 Å². The van der Waals surface area contributed by atoms with Crippen LogP contribution in [0.15, 0.2) is 35.2 Å². The topological polar surface area (TPSA) is 48.2 Å². The van der Waals surface area contributed by atoms with Crippen LogP contribution in [0.1, 0.15) is 1.37 Å². The third-order valence-corrected chi connectivity index (χ3v) is 1.54. The molecule has 0 spiro atoms. The quantitative estimate of drug-likeness (QED) is 0.701. The first kappa shape index (κ1) is 6.65. The van der Waals surface area contributed by atoms with Gasteiger partial charge in [0, 0.05) is 0 Å². The number of furan rings is 1. The first-order valence-electron chi connectivity index (χ1n) is 4.23. The summed E-state index contributed by atoms with van der Waals surface area (Å²) in [4.78, 5) is 7.93. The molecule has 0 bridgehead atoms. The second kappa shape index (κ2) is 3.26. The number of methoxy groups -OCH3 is 1. The minimum absolute atomic E-state index is 0.0499. The van der Waals surface area contributed by atoms with Crippen LogP contribution in [-0.4, -0.2) is 17.1 Å². The van der Waals surface area contributed by atoms with Gasteiger partial charge in [-0.15, -0.1) is 0 Å². The summed E-state index contributed by atoms with van der Waals surface area (Å²) in [6.07, 6.45) is 3.04. The van der Waals surface area contributed by atoms with Crippen LogP contribution in [0.2, 0.25) is 0 Å². The monoisotopic (exact) mass is 177 g/mol. The van der Waals surface area contributed by atoms with Crippen molar-refractivity contribution in [2.45, 2.75) is 0 Å². The molecule has 0 aromatic carbocycles. The first-order chi connectivity index (χ1) is 6.81. The van der Waals surface area contributed by atoms with Gasteiger partial charge in [0.05, 0.1) is 27.1 Å². The zero-order chi connectivity index (χ0) is 9.97. The fourth-order valence-corrected chi connectivity index (χ4v) is 0.908. The third-order valence-electron chi connectivity index (χ3n) is 1.54. The predicted octanol–water partition coefficient (Wildman–Crippen LogP) is 1.75. The summed E-state index contributed by atoms with van der Waals surface area (Å²) in [6, 6.07) is 3.48. The average molecular weight is 177 g/mol. The zero-order valence-electron chi connectivity index (χ0n) is 8.02. The SMILES string of the molecule is [2H]c1nc(-c2ccco2)ncc1OC. The van der Waals surface area contributed by atoms with E-state index in [-0.39, 0.29) is 6.17 Å². The smallest absolute Gasteiger partial charge is 0.195 e. The maximum Gasteiger partial charge on any atom is 0.195 e. The lowest BCUT2D eigenvalue weighted by Crippen LogP contribution is -1.89. The van der Waals surface area contributed by atoms with Gasteiger partial charge in [0.25, 0.3) is 0 Å². The molecule has 0 saturated heterocycles. The Labute approximate surface area is 76.6 Å². The molecule has 2 aromatic heterocycles. The number of nitrogens with zero attached hydrogens (tertiary/aromatic N) is 2. The fraction of sp³-hybridized carbons (Fsp3) is 0.111. The van der Waals surface area contributed by atoms with Gasteiger partial charge >= 0.3 is 0 Å². The standard InChI is InChI=1S/C9H8N2O2/c1-12-7-5-10-9(11-6-7)8-3-2-4-13-8/h2-6H,1H3/i5D. The van der Waals surface area contributed by atoms with Crippen molar-refractivity contribution in [1.82, 2.24) is 9.97 Å². The van der Waals surface area contributed by atoms with E-state index in [1.807, 2.05) is 0 Å². The molecule has 0 aliphatic carbocycles. The van der Waals surface area contributed by atoms with Crippen molar-refractivity contribution in [2.75, 3.05) is 7.11 Å². The molecule has 0 fully saturated rings. The Morgan fingerprint density at radius 2 is 2.46 bits per heavy atom. The summed E-state index contributed by atoms with van der Waals surface area (Å²) in [5.74, 6) is 1.28. The summed E-state index contributed by atoms with van der Waals surface area (Å²) < 4.78 is 17.5. The number of aromatic nitrogens is 2. The second-order valence-electron chi connectivity index (χ2n) is 2.35. The van der Waals surface area contributed by atoms with Crippen LogP contribution in [0.5, 0.6) is 5.75 Å². The highest BCUT2D eigenvalue weighted by atomic mass is 16.5. The Morgan fingerprint density at radius 3 is 3.08 bits per heavy atom. The molecule has 0 amide bonds. The summed E-state index contributed by atoms with van der Waals surface area (Å²) in [6.45, 7) is 0. The molecule has 0 atom stereocenters. The normalized spacial score (nSPS) is 11.0. The molecule has 0 N–H and O–H groups in total. The molecule has 66 valence electrons. The van der Waals surface area contributed by atoms with Crippen molar-refractivity contribution < 1.29 is 10.5 Å². The Morgan fingerprint density at radius 1 is 1.54 bits per heavy atom. The van der Waals surface area contributed by atoms with Gasteiger partial charge in [-0.1, -0.05) is 0 Å². The minimum atomic E-state index is 0.0499. The highest BCUT2D eigenvalue weighted by molar-refractivity contribution is 5.45. The van der Waals surface area contributed by atoms with Crippen molar-refractivity contribution in [3.63, 3.8) is 0 Å². The number of ether oxygens (including phenoxy) is 1. The van der Waals surface area contributed by atoms with Crippen LogP contribution in [0, 0.1) is 0 Å². The van der Waals surface area contributed by atoms with Gasteiger partial charge < -0.3 is 9.15 Å². The Balaban J connectivity index is 2.43. The van der Waals surface area contributed by atoms with Crippen LogP contribution in [0.4, 0.5) is 0 Å². The van der Waals surface area contributed by atoms with Gasteiger partial charge in [0.1, 0.15) is 0 Å². The highest BCUT2D eigenvalue weighted by Gasteiger charge is 2.02. The van der Waals surface area contributed by atoms with Crippen molar-refractivity contribution in [3.8, 4) is 17.3 Å². The largest absolute Gasteiger partial charge is 0.494 e. The highest BCUT2D eigenvalue weighted by Crippen LogP contribution is 2.15. The average Bonchev–Trinajstić information content (AvgIpc) is 2.70. The maximum atomic E-state index is 7.50. The summed E-state index contributed by atoms with van der Waals surface area (Å²) in [5, 5.41) is 0. The van der Waals surface area contributed by atoms with Gasteiger partial charge in [0.2, 0.25) is 0 Å². The fourth-order valence-electron chi connectivity index (χ4n) is 0.908. The lowest BCUT2D eigenvalue weighted by molar-refractivity contribution is 0.410. The van der Waals surface area contributed by atoms with Crippen LogP contribution in [-0.2, 0) is 0 Å². The Kier molecular flexibility index (Phi) is 1.67. The van der Waals surface area contributed by atoms with E-state index in [2.05, 4.69) is 9.97 Å². The van der Waals surface area contributed by atoms with Crippen molar-refractivity contribution >= 4 is 0 Å². The minimum Gasteiger partial charge on any atom is -0.494 e. The summed E-state index contributed by atoms with van der Waals surface area (Å²) >= 11 is 0. The molecule has 0 aliphatic rings. The van der Waals surface area contributed by atoms with Crippen molar-refractivity contribution in [1.29, 1.82) is 0 Å². The van der Waals surface area contributed by atoms with E-state index >= 15 is 0 Å². The number of hydrogen-bond acceptors (Lipinski definition) is 4. The van der Waals surface area contributed by atoms with Crippen LogP contribution < -0.4 is 4.74 Å². The molecule has 2 heterocycles. The Hall–Kier alpha value is -1.84. The second-order valence-corrected chi connectivity index (χ2v) is 2.35. The van der Waals surface area contributed by atoms with E-state index in [0.29, 0.717) is 17.3 Å². The van der Waals surface area contributed by atoms with Gasteiger partial charge in [-0.3, -0.25) is 0 Å². The first-order valence-corrected chi connectivity index (χ1v) is 3.73. The lowest BCUT2D eigenvalue weighted by Gasteiger charge is -1.98. The van der Waals surface area contributed by atoms with Gasteiger partial charge in [-0.2, -0.15) is 0 Å². The maximum absolute atomic E-state index is 7.50. The van der Waals surface area contributed by atoms with E-state index < -0.39 is 0 Å². The summed E-state index contributed by atoms with van der Waals surface area (Å²) in [7, 11) is 1.48. The molecule has 13 heavy (non-hydrogen) atoms. The molecular formula is C9H8N2O2. The lowest BCUT2D eigenvalue weighted by atomic mass is 10.4. The molecule has 0 radical (unpaired) electrons. The van der Waals surface area contributed by atoms with Gasteiger partial charge in [-0.05, 0) is 12.1 Å². The third kappa shape index (κ3) is 1.51. The number of hydrogen-bond donors (Lipinski definition) is 0. The van der Waals surface area contributed by atoms with E-state index in [4.69, 9.17) is 10.5 Å². The summed E-state index contributed by atoms with van der Waals surface area (Å²) in [5.41, 5.74) is 0. The van der Waals surface area contributed by atoms with E-state index in [1.54, 1.807) is 12.1 Å².